The molecule has 0 atom stereocenters. The second-order valence-corrected chi connectivity index (χ2v) is 13.6. The van der Waals surface area contributed by atoms with Gasteiger partial charge in [-0.2, -0.15) is 26.3 Å². The molecule has 240 valence electrons. The number of ether oxygens (including phenoxy) is 2. The number of thiophene rings is 2. The molecule has 0 unspecified atom stereocenters. The van der Waals surface area contributed by atoms with E-state index in [4.69, 9.17) is 9.47 Å². The molecule has 1 aliphatic carbocycles. The Morgan fingerprint density at radius 3 is 1.27 bits per heavy atom. The topological polar surface area (TPSA) is 18.5 Å². The van der Waals surface area contributed by atoms with E-state index in [-0.39, 0.29) is 20.9 Å². The summed E-state index contributed by atoms with van der Waals surface area (Å²) in [7, 11) is 0. The third-order valence-corrected chi connectivity index (χ3v) is 10.1. The molecule has 0 spiro atoms. The summed E-state index contributed by atoms with van der Waals surface area (Å²) >= 11 is 2.17. The van der Waals surface area contributed by atoms with Crippen LogP contribution in [-0.2, 0) is 0 Å². The fraction of sp³-hybridized carbons (Fsp3) is 0.371. The van der Waals surface area contributed by atoms with Crippen molar-refractivity contribution in [2.24, 2.45) is 0 Å². The number of alkyl halides is 6. The molecule has 2 heterocycles. The van der Waals surface area contributed by atoms with Crippen LogP contribution in [0, 0.1) is 13.8 Å². The van der Waals surface area contributed by atoms with Gasteiger partial charge < -0.3 is 9.47 Å². The summed E-state index contributed by atoms with van der Waals surface area (Å²) < 4.78 is 104. The molecule has 2 aromatic carbocycles. The van der Waals surface area contributed by atoms with Crippen molar-refractivity contribution in [3.05, 3.63) is 81.5 Å². The Hall–Kier alpha value is -3.24. The van der Waals surface area contributed by atoms with Crippen LogP contribution >= 0.6 is 22.7 Å². The molecule has 0 N–H and O–H groups in total. The van der Waals surface area contributed by atoms with Gasteiger partial charge in [-0.3, -0.25) is 0 Å². The number of hydrogen-bond acceptors (Lipinski definition) is 4. The summed E-state index contributed by atoms with van der Waals surface area (Å²) in [6, 6.07) is 16.5. The van der Waals surface area contributed by atoms with Crippen molar-refractivity contribution in [1.29, 1.82) is 0 Å². The summed E-state index contributed by atoms with van der Waals surface area (Å²) in [6.07, 6.45) is 3.73. The summed E-state index contributed by atoms with van der Waals surface area (Å²) in [5.74, 6) is -14.6. The van der Waals surface area contributed by atoms with Crippen molar-refractivity contribution in [2.75, 3.05) is 13.2 Å². The highest BCUT2D eigenvalue weighted by molar-refractivity contribution is 7.16. The van der Waals surface area contributed by atoms with E-state index in [1.807, 2.05) is 13.8 Å². The number of allylic oxidation sites excluding steroid dienone is 2. The Labute approximate surface area is 267 Å². The molecule has 0 amide bonds. The number of unbranched alkanes of at least 4 members (excludes halogenated alkanes) is 2. The SMILES string of the molecule is CCCCOc1ccc(-c2cc(C3=C(c4cc(-c5ccc(OCCCC)cc5)sc4C)C(F)(F)C(F)(F)C3(F)F)c(C)s2)cc1. The lowest BCUT2D eigenvalue weighted by atomic mass is 9.94. The number of hydrogen-bond donors (Lipinski definition) is 0. The van der Waals surface area contributed by atoms with Crippen LogP contribution in [0.1, 0.15) is 60.4 Å². The van der Waals surface area contributed by atoms with Gasteiger partial charge in [0.15, 0.2) is 0 Å². The van der Waals surface area contributed by atoms with Crippen LogP contribution in [0.2, 0.25) is 0 Å². The zero-order valence-corrected chi connectivity index (χ0v) is 27.0. The van der Waals surface area contributed by atoms with Crippen LogP contribution in [0.25, 0.3) is 32.0 Å². The first-order chi connectivity index (χ1) is 21.3. The molecule has 2 nitrogen and oxygen atoms in total. The molecule has 0 bridgehead atoms. The van der Waals surface area contributed by atoms with Gasteiger partial charge in [0.25, 0.3) is 0 Å². The molecule has 0 aliphatic heterocycles. The molecule has 1 aliphatic rings. The predicted octanol–water partition coefficient (Wildman–Crippen LogP) is 11.9. The van der Waals surface area contributed by atoms with Crippen LogP contribution in [-0.4, -0.2) is 31.0 Å². The second kappa shape index (κ2) is 12.9. The fourth-order valence-corrected chi connectivity index (χ4v) is 7.34. The van der Waals surface area contributed by atoms with Crippen molar-refractivity contribution < 1.29 is 35.8 Å². The Kier molecular flexibility index (Phi) is 9.48. The van der Waals surface area contributed by atoms with Gasteiger partial charge in [-0.05, 0) is 110 Å². The first-order valence-corrected chi connectivity index (χ1v) is 16.5. The molecule has 2 aromatic heterocycles. The van der Waals surface area contributed by atoms with E-state index in [2.05, 4.69) is 0 Å². The average molecular weight is 665 g/mol. The van der Waals surface area contributed by atoms with Crippen LogP contribution in [0.3, 0.4) is 0 Å². The monoisotopic (exact) mass is 664 g/mol. The quantitative estimate of drug-likeness (QED) is 0.111. The van der Waals surface area contributed by atoms with Crippen LogP contribution < -0.4 is 9.47 Å². The summed E-state index contributed by atoms with van der Waals surface area (Å²) in [4.78, 5) is 1.46. The van der Waals surface area contributed by atoms with E-state index in [1.165, 1.54) is 26.0 Å². The average Bonchev–Trinajstić information content (AvgIpc) is 3.60. The third kappa shape index (κ3) is 6.03. The van der Waals surface area contributed by atoms with Gasteiger partial charge in [0.2, 0.25) is 0 Å². The summed E-state index contributed by atoms with van der Waals surface area (Å²) in [5.41, 5.74) is -2.01. The highest BCUT2D eigenvalue weighted by Gasteiger charge is 2.80. The first kappa shape index (κ1) is 33.1. The van der Waals surface area contributed by atoms with Crippen molar-refractivity contribution >= 4 is 33.8 Å². The second-order valence-electron chi connectivity index (χ2n) is 11.1. The van der Waals surface area contributed by atoms with Crippen molar-refractivity contribution in [3.8, 4) is 32.4 Å². The zero-order valence-electron chi connectivity index (χ0n) is 25.4. The van der Waals surface area contributed by atoms with Crippen molar-refractivity contribution in [1.82, 2.24) is 0 Å². The maximum absolute atomic E-state index is 15.6. The molecule has 10 heteroatoms. The molecule has 0 radical (unpaired) electrons. The standard InChI is InChI=1S/C35H34F6O2S2/c1-5-7-17-42-25-13-9-23(10-14-25)29-19-27(21(3)44-29)31-32(34(38,39)35(40,41)33(31,36)37)28-20-30(45-22(28)4)24-11-15-26(16-12-24)43-18-8-6-2/h9-16,19-20H,5-8,17-18H2,1-4H3. The highest BCUT2D eigenvalue weighted by Crippen LogP contribution is 2.66. The Morgan fingerprint density at radius 2 is 0.933 bits per heavy atom. The van der Waals surface area contributed by atoms with Gasteiger partial charge in [-0.1, -0.05) is 26.7 Å². The Balaban J connectivity index is 1.57. The molecular weight excluding hydrogens is 631 g/mol. The Bertz CT molecular complexity index is 1550. The minimum atomic E-state index is -5.62. The van der Waals surface area contributed by atoms with E-state index >= 15 is 26.3 Å². The van der Waals surface area contributed by atoms with E-state index in [9.17, 15) is 0 Å². The first-order valence-electron chi connectivity index (χ1n) is 14.9. The molecule has 0 fully saturated rings. The number of benzene rings is 2. The fourth-order valence-electron chi connectivity index (χ4n) is 5.28. The molecular formula is C35H34F6O2S2. The summed E-state index contributed by atoms with van der Waals surface area (Å²) in [6.45, 7) is 8.16. The molecule has 0 saturated carbocycles. The van der Waals surface area contributed by atoms with E-state index < -0.39 is 28.9 Å². The highest BCUT2D eigenvalue weighted by atomic mass is 32.1. The lowest BCUT2D eigenvalue weighted by Gasteiger charge is -2.25. The summed E-state index contributed by atoms with van der Waals surface area (Å²) in [5, 5.41) is 0. The predicted molar refractivity (Wildman–Crippen MR) is 171 cm³/mol. The van der Waals surface area contributed by atoms with E-state index in [0.717, 1.165) is 48.4 Å². The maximum atomic E-state index is 15.6. The van der Waals surface area contributed by atoms with Crippen molar-refractivity contribution in [3.63, 3.8) is 0 Å². The molecule has 45 heavy (non-hydrogen) atoms. The maximum Gasteiger partial charge on any atom is 0.380 e. The van der Waals surface area contributed by atoms with Gasteiger partial charge in [-0.15, -0.1) is 22.7 Å². The molecule has 5 rings (SSSR count). The normalized spacial score (nSPS) is 16.8. The zero-order chi connectivity index (χ0) is 32.6. The lowest BCUT2D eigenvalue weighted by molar-refractivity contribution is -0.254. The Morgan fingerprint density at radius 1 is 0.578 bits per heavy atom. The van der Waals surface area contributed by atoms with Gasteiger partial charge in [0.1, 0.15) is 11.5 Å². The number of halogens is 6. The van der Waals surface area contributed by atoms with E-state index in [1.54, 1.807) is 48.5 Å². The third-order valence-electron chi connectivity index (χ3n) is 7.85. The molecule has 0 saturated heterocycles. The minimum Gasteiger partial charge on any atom is -0.494 e. The lowest BCUT2D eigenvalue weighted by Crippen LogP contribution is -2.48. The smallest absolute Gasteiger partial charge is 0.380 e. The van der Waals surface area contributed by atoms with Crippen LogP contribution in [0.4, 0.5) is 26.3 Å². The van der Waals surface area contributed by atoms with Crippen LogP contribution in [0.15, 0.2) is 60.7 Å². The van der Waals surface area contributed by atoms with Gasteiger partial charge in [0.05, 0.1) is 13.2 Å². The largest absolute Gasteiger partial charge is 0.494 e. The number of aryl methyl sites for hydroxylation is 2. The van der Waals surface area contributed by atoms with Gasteiger partial charge in [0, 0.05) is 30.7 Å². The van der Waals surface area contributed by atoms with Crippen LogP contribution in [0.5, 0.6) is 11.5 Å². The van der Waals surface area contributed by atoms with E-state index in [0.29, 0.717) is 45.6 Å². The minimum absolute atomic E-state index is 0.237. The van der Waals surface area contributed by atoms with Crippen molar-refractivity contribution in [2.45, 2.75) is 71.1 Å². The number of rotatable bonds is 12. The van der Waals surface area contributed by atoms with Gasteiger partial charge in [-0.25, -0.2) is 0 Å². The molecule has 4 aromatic rings. The van der Waals surface area contributed by atoms with Gasteiger partial charge >= 0.3 is 17.8 Å².